The molecule has 2 N–H and O–H groups in total. The lowest BCUT2D eigenvalue weighted by Crippen LogP contribution is -2.54. The number of carbonyl (C=O) groups is 3. The third kappa shape index (κ3) is 10.5. The van der Waals surface area contributed by atoms with Gasteiger partial charge in [0.2, 0.25) is 11.8 Å². The molecule has 2 rings (SSSR count). The lowest BCUT2D eigenvalue weighted by molar-refractivity contribution is -0.142. The predicted molar refractivity (Wildman–Crippen MR) is 164 cm³/mol. The van der Waals surface area contributed by atoms with Crippen LogP contribution < -0.4 is 10.6 Å². The van der Waals surface area contributed by atoms with E-state index >= 15 is 0 Å². The maximum atomic E-state index is 14.1. The van der Waals surface area contributed by atoms with Crippen LogP contribution in [0.4, 0.5) is 4.79 Å². The van der Waals surface area contributed by atoms with Crippen molar-refractivity contribution in [3.8, 4) is 0 Å². The fourth-order valence-electron chi connectivity index (χ4n) is 4.66. The van der Waals surface area contributed by atoms with E-state index in [-0.39, 0.29) is 17.6 Å². The molecule has 2 aromatic carbocycles. The zero-order valence-electron chi connectivity index (χ0n) is 25.0. The Morgan fingerprint density at radius 2 is 1.55 bits per heavy atom. The number of rotatable bonds is 14. The Morgan fingerprint density at radius 1 is 0.925 bits per heavy atom. The highest BCUT2D eigenvalue weighted by molar-refractivity contribution is 7.80. The first-order valence-corrected chi connectivity index (χ1v) is 14.9. The van der Waals surface area contributed by atoms with E-state index in [4.69, 9.17) is 4.74 Å². The van der Waals surface area contributed by atoms with E-state index in [0.717, 1.165) is 54.4 Å². The van der Waals surface area contributed by atoms with Crippen molar-refractivity contribution < 1.29 is 19.1 Å². The maximum Gasteiger partial charge on any atom is 0.408 e. The normalized spacial score (nSPS) is 12.8. The van der Waals surface area contributed by atoms with Gasteiger partial charge in [-0.25, -0.2) is 4.79 Å². The molecule has 0 saturated heterocycles. The number of thiol groups is 1. The van der Waals surface area contributed by atoms with E-state index in [1.165, 1.54) is 0 Å². The summed E-state index contributed by atoms with van der Waals surface area (Å²) in [4.78, 5) is 42.4. The molecule has 0 bridgehead atoms. The second kappa shape index (κ2) is 16.3. The SMILES string of the molecule is CCCCCCCN(C(=O)C(CS)NC(=O)OC(C)(C)C)C(C(=O)NCc1ccccc1)c1c(C)cccc1C. The van der Waals surface area contributed by atoms with Crippen molar-refractivity contribution in [2.24, 2.45) is 0 Å². The van der Waals surface area contributed by atoms with E-state index in [9.17, 15) is 14.4 Å². The van der Waals surface area contributed by atoms with Crippen molar-refractivity contribution >= 4 is 30.5 Å². The number of unbranched alkanes of at least 4 members (excludes halogenated alkanes) is 4. The van der Waals surface area contributed by atoms with Crippen LogP contribution in [-0.2, 0) is 20.9 Å². The van der Waals surface area contributed by atoms with Gasteiger partial charge in [0.05, 0.1) is 0 Å². The van der Waals surface area contributed by atoms with E-state index in [0.29, 0.717) is 13.1 Å². The highest BCUT2D eigenvalue weighted by Gasteiger charge is 2.37. The molecule has 2 unspecified atom stereocenters. The summed E-state index contributed by atoms with van der Waals surface area (Å²) in [5.74, 6) is -0.563. The van der Waals surface area contributed by atoms with Crippen LogP contribution in [0.25, 0.3) is 0 Å². The van der Waals surface area contributed by atoms with Crippen molar-refractivity contribution in [2.45, 2.75) is 97.9 Å². The van der Waals surface area contributed by atoms with E-state index in [2.05, 4.69) is 30.2 Å². The standard InChI is InChI=1S/C32H47N3O4S/c1-7-8-9-10-14-20-35(30(37)26(22-40)34-31(38)39-32(4,5)6)28(27-23(2)16-15-17-24(27)3)29(36)33-21-25-18-12-11-13-19-25/h11-13,15-19,26,28,40H,7-10,14,20-22H2,1-6H3,(H,33,36)(H,34,38). The third-order valence-electron chi connectivity index (χ3n) is 6.64. The Bertz CT molecular complexity index is 1080. The molecule has 0 aliphatic heterocycles. The molecule has 0 fully saturated rings. The zero-order chi connectivity index (χ0) is 29.7. The average Bonchev–Trinajstić information content (AvgIpc) is 2.90. The lowest BCUT2D eigenvalue weighted by Gasteiger charge is -2.35. The summed E-state index contributed by atoms with van der Waals surface area (Å²) in [6, 6.07) is 13.7. The van der Waals surface area contributed by atoms with Crippen molar-refractivity contribution in [2.75, 3.05) is 12.3 Å². The topological polar surface area (TPSA) is 87.7 Å². The lowest BCUT2D eigenvalue weighted by atomic mass is 9.93. The largest absolute Gasteiger partial charge is 0.444 e. The van der Waals surface area contributed by atoms with Gasteiger partial charge >= 0.3 is 6.09 Å². The molecule has 0 aliphatic carbocycles. The summed E-state index contributed by atoms with van der Waals surface area (Å²) in [7, 11) is 0. The first-order valence-electron chi connectivity index (χ1n) is 14.3. The molecule has 7 nitrogen and oxygen atoms in total. The Morgan fingerprint density at radius 3 is 2.12 bits per heavy atom. The maximum absolute atomic E-state index is 14.1. The van der Waals surface area contributed by atoms with E-state index < -0.39 is 23.8 Å². The van der Waals surface area contributed by atoms with E-state index in [1.54, 1.807) is 25.7 Å². The number of aryl methyl sites for hydroxylation is 2. The number of hydrogen-bond acceptors (Lipinski definition) is 5. The van der Waals surface area contributed by atoms with Crippen molar-refractivity contribution in [1.29, 1.82) is 0 Å². The minimum atomic E-state index is -0.956. The van der Waals surface area contributed by atoms with Crippen LogP contribution in [0.15, 0.2) is 48.5 Å². The summed E-state index contributed by atoms with van der Waals surface area (Å²) in [6.45, 7) is 12.1. The molecule has 0 saturated carbocycles. The zero-order valence-corrected chi connectivity index (χ0v) is 25.9. The molecule has 8 heteroatoms. The average molecular weight is 570 g/mol. The second-order valence-electron chi connectivity index (χ2n) is 11.2. The van der Waals surface area contributed by atoms with Crippen molar-refractivity contribution in [1.82, 2.24) is 15.5 Å². The quantitative estimate of drug-likeness (QED) is 0.185. The molecular formula is C32H47N3O4S. The van der Waals surface area contributed by atoms with Crippen molar-refractivity contribution in [3.63, 3.8) is 0 Å². The van der Waals surface area contributed by atoms with Gasteiger partial charge in [0.1, 0.15) is 17.7 Å². The summed E-state index contributed by atoms with van der Waals surface area (Å²) in [6.07, 6.45) is 4.26. The van der Waals surface area contributed by atoms with Crippen LogP contribution in [0.5, 0.6) is 0 Å². The van der Waals surface area contributed by atoms with Gasteiger partial charge in [-0.3, -0.25) is 9.59 Å². The number of amides is 3. The Balaban J connectivity index is 2.47. The number of carbonyl (C=O) groups excluding carboxylic acids is 3. The predicted octanol–water partition coefficient (Wildman–Crippen LogP) is 6.28. The van der Waals surface area contributed by atoms with Gasteiger partial charge in [-0.15, -0.1) is 0 Å². The Hall–Kier alpha value is -3.00. The number of ether oxygens (including phenoxy) is 1. The van der Waals surface area contributed by atoms with Crippen LogP contribution in [0.1, 0.15) is 88.1 Å². The van der Waals surface area contributed by atoms with Gasteiger partial charge in [-0.2, -0.15) is 12.6 Å². The Labute approximate surface area is 245 Å². The number of nitrogens with zero attached hydrogens (tertiary/aromatic N) is 1. The van der Waals surface area contributed by atoms with Gasteiger partial charge in [0, 0.05) is 18.8 Å². The number of alkyl carbamates (subject to hydrolysis) is 1. The van der Waals surface area contributed by atoms with Gasteiger partial charge < -0.3 is 20.3 Å². The summed E-state index contributed by atoms with van der Waals surface area (Å²) in [5, 5.41) is 5.75. The molecule has 0 aliphatic rings. The van der Waals surface area contributed by atoms with Crippen LogP contribution >= 0.6 is 12.6 Å². The van der Waals surface area contributed by atoms with Gasteiger partial charge in [0.15, 0.2) is 0 Å². The number of benzene rings is 2. The summed E-state index contributed by atoms with van der Waals surface area (Å²) in [5.41, 5.74) is 2.89. The van der Waals surface area contributed by atoms with Gasteiger partial charge in [0.25, 0.3) is 0 Å². The first kappa shape index (κ1) is 33.2. The fourth-order valence-corrected chi connectivity index (χ4v) is 4.90. The fraction of sp³-hybridized carbons (Fsp3) is 0.531. The number of hydrogen-bond donors (Lipinski definition) is 3. The van der Waals surface area contributed by atoms with Gasteiger partial charge in [-0.05, 0) is 63.3 Å². The minimum Gasteiger partial charge on any atom is -0.444 e. The van der Waals surface area contributed by atoms with Gasteiger partial charge in [-0.1, -0.05) is 81.1 Å². The molecule has 2 aromatic rings. The molecule has 2 atom stereocenters. The van der Waals surface area contributed by atoms with Crippen LogP contribution in [0.2, 0.25) is 0 Å². The van der Waals surface area contributed by atoms with Crippen molar-refractivity contribution in [3.05, 3.63) is 70.8 Å². The molecule has 0 spiro atoms. The van der Waals surface area contributed by atoms with Crippen LogP contribution in [0, 0.1) is 13.8 Å². The molecule has 220 valence electrons. The second-order valence-corrected chi connectivity index (χ2v) is 11.6. The monoisotopic (exact) mass is 569 g/mol. The molecule has 0 radical (unpaired) electrons. The first-order chi connectivity index (χ1) is 19.0. The highest BCUT2D eigenvalue weighted by Crippen LogP contribution is 2.29. The molecular weight excluding hydrogens is 522 g/mol. The number of nitrogens with one attached hydrogen (secondary N) is 2. The molecule has 0 heterocycles. The molecule has 3 amide bonds. The highest BCUT2D eigenvalue weighted by atomic mass is 32.1. The summed E-state index contributed by atoms with van der Waals surface area (Å²) >= 11 is 4.39. The molecule has 40 heavy (non-hydrogen) atoms. The third-order valence-corrected chi connectivity index (χ3v) is 7.01. The molecule has 0 aromatic heterocycles. The van der Waals surface area contributed by atoms with Crippen LogP contribution in [-0.4, -0.2) is 46.7 Å². The van der Waals surface area contributed by atoms with E-state index in [1.807, 2.05) is 62.4 Å². The van der Waals surface area contributed by atoms with Crippen LogP contribution in [0.3, 0.4) is 0 Å². The Kier molecular flexibility index (Phi) is 13.5. The summed E-state index contributed by atoms with van der Waals surface area (Å²) < 4.78 is 5.41. The smallest absolute Gasteiger partial charge is 0.408 e. The minimum absolute atomic E-state index is 0.0650.